The molecule has 613 valence electrons. The summed E-state index contributed by atoms with van der Waals surface area (Å²) in [6, 6.07) is 54.5. The minimum absolute atomic E-state index is 0. The van der Waals surface area contributed by atoms with Gasteiger partial charge in [0.25, 0.3) is 0 Å². The van der Waals surface area contributed by atoms with Crippen molar-refractivity contribution in [3.05, 3.63) is 349 Å². The second-order valence-electron chi connectivity index (χ2n) is 26.9. The van der Waals surface area contributed by atoms with Gasteiger partial charge in [-0.25, -0.2) is 26.3 Å². The normalized spacial score (nSPS) is 19.6. The zero-order valence-corrected chi connectivity index (χ0v) is 80.6. The second kappa shape index (κ2) is 42.1. The number of azide groups is 3. The minimum Gasteiger partial charge on any atom is -0.375 e. The fourth-order valence-electron chi connectivity index (χ4n) is 14.3. The van der Waals surface area contributed by atoms with E-state index < -0.39 is 67.1 Å². The Morgan fingerprint density at radius 1 is 0.470 bits per heavy atom. The Morgan fingerprint density at radius 2 is 0.709 bits per heavy atom. The molecule has 0 amide bonds. The minimum atomic E-state index is -3.99. The van der Waals surface area contributed by atoms with Gasteiger partial charge in [-0.1, -0.05) is 232 Å². The van der Waals surface area contributed by atoms with E-state index in [2.05, 4.69) is 207 Å². The molecular weight excluding hydrogens is 2340 g/mol. The topological polar surface area (TPSA) is 261 Å². The molecule has 1 saturated heterocycles. The fraction of sp³-hybridized carbons (Fsp3) is 0.228. The molecule has 5 N–H and O–H groups in total. The van der Waals surface area contributed by atoms with Crippen LogP contribution in [0.2, 0.25) is 25.1 Å². The van der Waals surface area contributed by atoms with Crippen LogP contribution in [0, 0.1) is 33.0 Å². The van der Waals surface area contributed by atoms with Crippen molar-refractivity contribution in [1.29, 1.82) is 0 Å². The molecule has 6 heterocycles. The first kappa shape index (κ1) is 96.1. The van der Waals surface area contributed by atoms with Gasteiger partial charge >= 0.3 is 59.7 Å². The van der Waals surface area contributed by atoms with Gasteiger partial charge in [-0.05, 0) is 176 Å². The monoisotopic (exact) mass is 2400 g/mol. The van der Waals surface area contributed by atoms with E-state index in [1.165, 1.54) is 32.5 Å². The quantitative estimate of drug-likeness (QED) is 0.0149. The first-order chi connectivity index (χ1) is 55.3. The third-order valence-electron chi connectivity index (χ3n) is 19.5. The summed E-state index contributed by atoms with van der Waals surface area (Å²) in [5.74, 6) is -2.64. The molecule has 0 aliphatic carbocycles. The van der Waals surface area contributed by atoms with Crippen LogP contribution in [0.4, 0.5) is 50.4 Å². The summed E-state index contributed by atoms with van der Waals surface area (Å²) in [6.07, 6.45) is 2.54. The van der Waals surface area contributed by atoms with Crippen LogP contribution in [0.5, 0.6) is 0 Å². The molecule has 5 atom stereocenters. The average molecular weight is 2410 g/mol. The standard InChI is InChI=1S/3C15H11BrClFN4.C15H10BrClFNO3S.C15H12BrClFNO.C3H6I.CH4.2HI.V/c3*16-13-10-7-15(8-20-22-19,9-4-2-1-3-5-9)21-12(10)6-11(18)14(13)17;16-13-10-7-15(9-4-2-1-3-5-9)8-22-23(20,21)19(15)12(10)6-11(18)14(13)17;16-13-10-7-15(8-20,9-4-2-1-3-5-9)19-12(10)6-11(18)14(13)17;1-3(2)4;;;;/h3*1-6,21H,7-8H2;1-6H,7-8H2;1-6,19-20H,7-8H2;1-2H3;1H4;2*1H;/q;;;;;-1;;;;+2/p-2/t2*15-;;;;;;;;/m10......../s1. The van der Waals surface area contributed by atoms with Crippen LogP contribution in [0.1, 0.15) is 76.9 Å². The van der Waals surface area contributed by atoms with E-state index in [1.807, 2.05) is 152 Å². The number of nitrogens with one attached hydrogen (secondary N) is 4. The van der Waals surface area contributed by atoms with Crippen molar-refractivity contribution >= 4 is 239 Å². The largest absolute Gasteiger partial charge is 0.375 e. The van der Waals surface area contributed by atoms with Crippen molar-refractivity contribution in [3.8, 4) is 0 Å². The SMILES string of the molecule is C.C[C-](C)I.O=S1(=O)OCC2(c3ccccc3)Cc3c(cc(F)c(Cl)c3Br)N21.OCC1(c2ccccc2)Cc2c(cc(F)c(Cl)c2Br)N1.[I][V][I].[N-]=[N+]=NCC1(c2ccccc2)Cc2c(cc(F)c(Cl)c2Br)N1.[N-]=[N+]=NC[C@@]1(c2ccccc2)Cc2c(cc(F)c(Cl)c2Br)N1.[N-]=[N+]=NC[C@]1(c2ccccc2)Cc2c(cc(F)c(Cl)c2Br)N1. The molecule has 0 radical (unpaired) electrons. The van der Waals surface area contributed by atoms with Gasteiger partial charge in [0.1, 0.15) is 34.6 Å². The van der Waals surface area contributed by atoms with Crippen LogP contribution in [-0.4, -0.2) is 46.4 Å². The van der Waals surface area contributed by atoms with Crippen molar-refractivity contribution in [1.82, 2.24) is 0 Å². The molecule has 10 aromatic rings. The van der Waals surface area contributed by atoms with Crippen molar-refractivity contribution in [3.63, 3.8) is 0 Å². The summed E-state index contributed by atoms with van der Waals surface area (Å²) in [5, 5.41) is 34.5. The number of fused-ring (bicyclic) bond motifs is 7. The summed E-state index contributed by atoms with van der Waals surface area (Å²) in [4.78, 5) is 8.59. The van der Waals surface area contributed by atoms with Gasteiger partial charge in [0.05, 0.1) is 85.8 Å². The third-order valence-corrected chi connectivity index (χ3v) is 28.3. The van der Waals surface area contributed by atoms with Gasteiger partial charge in [-0.15, -0.1) is 0 Å². The van der Waals surface area contributed by atoms with Crippen molar-refractivity contribution in [2.75, 3.05) is 58.4 Å². The van der Waals surface area contributed by atoms with Crippen LogP contribution in [0.15, 0.2) is 220 Å². The van der Waals surface area contributed by atoms with Crippen LogP contribution >= 0.6 is 200 Å². The maximum Gasteiger partial charge on any atom is 0.145 e. The third kappa shape index (κ3) is 21.0. The number of nitrogens with zero attached hydrogens (tertiary/aromatic N) is 10. The molecule has 0 bridgehead atoms. The molecular formula is C79H65Br5Cl5F5I3N14O4SV-. The summed E-state index contributed by atoms with van der Waals surface area (Å²) in [5.41, 5.74) is 34.5. The molecule has 0 aromatic heterocycles. The van der Waals surface area contributed by atoms with E-state index in [0.29, 0.717) is 92.2 Å². The van der Waals surface area contributed by atoms with Crippen molar-refractivity contribution in [2.24, 2.45) is 15.3 Å². The maximum atomic E-state index is 14.0. The number of hydrogen-bond donors (Lipinski definition) is 5. The zero-order valence-electron chi connectivity index (χ0n) is 60.2. The first-order valence-corrected chi connectivity index (χ1v) is 51.5. The van der Waals surface area contributed by atoms with Gasteiger partial charge in [-0.3, -0.25) is 8.11 Å². The Bertz CT molecular complexity index is 5270. The number of aliphatic hydroxyl groups excluding tert-OH is 1. The molecule has 3 unspecified atom stereocenters. The van der Waals surface area contributed by atoms with E-state index >= 15 is 0 Å². The van der Waals surface area contributed by atoms with Crippen LogP contribution < -0.4 is 25.6 Å². The van der Waals surface area contributed by atoms with E-state index in [1.54, 1.807) is 0 Å². The summed E-state index contributed by atoms with van der Waals surface area (Å²) in [7, 11) is -3.36. The number of aliphatic hydroxyl groups is 1. The Balaban J connectivity index is 0.000000163. The number of hydrogen-bond acceptors (Lipinski definition) is 11. The van der Waals surface area contributed by atoms with E-state index in [0.717, 1.165) is 56.1 Å². The molecule has 117 heavy (non-hydrogen) atoms. The Morgan fingerprint density at radius 3 is 0.983 bits per heavy atom. The molecule has 16 rings (SSSR count). The van der Waals surface area contributed by atoms with Gasteiger partial charge < -0.3 is 49.0 Å². The van der Waals surface area contributed by atoms with E-state index in [-0.39, 0.29) is 71.1 Å². The van der Waals surface area contributed by atoms with Gasteiger partial charge in [-0.2, -0.15) is 22.3 Å². The summed E-state index contributed by atoms with van der Waals surface area (Å²) < 4.78 is 104. The van der Waals surface area contributed by atoms with E-state index in [4.69, 9.17) is 78.8 Å². The molecule has 1 fully saturated rings. The summed E-state index contributed by atoms with van der Waals surface area (Å²) >= 11 is 53.5. The van der Waals surface area contributed by atoms with Crippen LogP contribution in [-0.2, 0) is 83.8 Å². The van der Waals surface area contributed by atoms with E-state index in [9.17, 15) is 35.5 Å². The molecule has 0 saturated carbocycles. The zero-order chi connectivity index (χ0) is 84.2. The second-order valence-corrected chi connectivity index (χ2v) is 48.1. The number of benzene rings is 10. The molecule has 18 nitrogen and oxygen atoms in total. The predicted octanol–water partition coefficient (Wildman–Crippen LogP) is 28.5. The van der Waals surface area contributed by atoms with Gasteiger partial charge in [0, 0.05) is 98.0 Å². The Kier molecular flexibility index (Phi) is 34.6. The van der Waals surface area contributed by atoms with Crippen LogP contribution in [0.25, 0.3) is 31.3 Å². The average Bonchev–Trinajstić information content (AvgIpc) is 1.53. The fourth-order valence-corrected chi connectivity index (χ4v) is 19.3. The van der Waals surface area contributed by atoms with Crippen molar-refractivity contribution in [2.45, 2.75) is 81.1 Å². The predicted molar refractivity (Wildman–Crippen MR) is 499 cm³/mol. The number of rotatable bonds is 12. The van der Waals surface area contributed by atoms with Crippen molar-refractivity contribution < 1.29 is 49.1 Å². The first-order valence-electron chi connectivity index (χ1n) is 34.2. The number of anilines is 5. The molecule has 0 spiro atoms. The van der Waals surface area contributed by atoms with Gasteiger partial charge in [0.2, 0.25) is 0 Å². The Hall–Kier alpha value is -4.73. The molecule has 10 aromatic carbocycles. The van der Waals surface area contributed by atoms with Crippen LogP contribution in [0.3, 0.4) is 0 Å². The van der Waals surface area contributed by atoms with Gasteiger partial charge in [0.15, 0.2) is 0 Å². The smallest absolute Gasteiger partial charge is 0.145 e. The molecule has 6 aliphatic heterocycles. The summed E-state index contributed by atoms with van der Waals surface area (Å²) in [6.45, 7) is 4.67. The molecule has 38 heteroatoms. The Labute approximate surface area is 782 Å². The number of halogens is 18. The maximum absolute atomic E-state index is 14.0. The molecule has 6 aliphatic rings.